The summed E-state index contributed by atoms with van der Waals surface area (Å²) in [5, 5.41) is 4.66. The van der Waals surface area contributed by atoms with Gasteiger partial charge in [-0.1, -0.05) is 24.6 Å². The number of anilines is 1. The third-order valence-electron chi connectivity index (χ3n) is 2.84. The number of rotatable bonds is 8. The number of hydrazone groups is 1. The predicted molar refractivity (Wildman–Crippen MR) is 93.9 cm³/mol. The zero-order valence-corrected chi connectivity index (χ0v) is 14.0. The van der Waals surface area contributed by atoms with Gasteiger partial charge >= 0.3 is 0 Å². The van der Waals surface area contributed by atoms with E-state index in [4.69, 9.17) is 21.1 Å². The van der Waals surface area contributed by atoms with E-state index in [9.17, 15) is 0 Å². The Morgan fingerprint density at radius 3 is 2.83 bits per heavy atom. The fourth-order valence-electron chi connectivity index (χ4n) is 1.87. The van der Waals surface area contributed by atoms with Crippen molar-refractivity contribution in [2.75, 3.05) is 18.6 Å². The van der Waals surface area contributed by atoms with E-state index < -0.39 is 0 Å². The smallest absolute Gasteiger partial charge is 0.179 e. The number of halogens is 1. The second-order valence-electron chi connectivity index (χ2n) is 4.70. The molecule has 0 amide bonds. The zero-order valence-electron chi connectivity index (χ0n) is 13.3. The lowest BCUT2D eigenvalue weighted by molar-refractivity contribution is 0.277. The van der Waals surface area contributed by atoms with E-state index in [2.05, 4.69) is 15.5 Å². The van der Waals surface area contributed by atoms with Crippen LogP contribution in [0.1, 0.15) is 25.8 Å². The molecule has 1 aromatic heterocycles. The monoisotopic (exact) mass is 333 g/mol. The van der Waals surface area contributed by atoms with Crippen molar-refractivity contribution in [2.45, 2.75) is 20.3 Å². The van der Waals surface area contributed by atoms with Gasteiger partial charge in [-0.2, -0.15) is 5.10 Å². The first-order valence-corrected chi connectivity index (χ1v) is 7.91. The van der Waals surface area contributed by atoms with E-state index in [0.717, 1.165) is 12.0 Å². The molecule has 0 bridgehead atoms. The molecule has 0 saturated carbocycles. The SMILES string of the molecule is CCCOc1c(Cl)cc(/C=N\Nc2ccccn2)cc1OCC. The molecule has 0 saturated heterocycles. The highest BCUT2D eigenvalue weighted by molar-refractivity contribution is 6.32. The molecule has 23 heavy (non-hydrogen) atoms. The minimum absolute atomic E-state index is 0.503. The van der Waals surface area contributed by atoms with Gasteiger partial charge < -0.3 is 9.47 Å². The fraction of sp³-hybridized carbons (Fsp3) is 0.294. The minimum atomic E-state index is 0.503. The highest BCUT2D eigenvalue weighted by Gasteiger charge is 2.11. The lowest BCUT2D eigenvalue weighted by Crippen LogP contribution is -2.02. The molecular formula is C17H20ClN3O2. The summed E-state index contributed by atoms with van der Waals surface area (Å²) in [5.41, 5.74) is 3.67. The van der Waals surface area contributed by atoms with Gasteiger partial charge in [0.25, 0.3) is 0 Å². The van der Waals surface area contributed by atoms with Crippen LogP contribution in [0.4, 0.5) is 5.82 Å². The second kappa shape index (κ2) is 9.00. The molecule has 2 rings (SSSR count). The third kappa shape index (κ3) is 5.14. The van der Waals surface area contributed by atoms with Crippen molar-refractivity contribution in [2.24, 2.45) is 5.10 Å². The molecule has 0 atom stereocenters. The number of hydrogen-bond donors (Lipinski definition) is 1. The van der Waals surface area contributed by atoms with Crippen LogP contribution in [0, 0.1) is 0 Å². The molecule has 0 fully saturated rings. The van der Waals surface area contributed by atoms with Gasteiger partial charge in [0.05, 0.1) is 24.5 Å². The largest absolute Gasteiger partial charge is 0.490 e. The summed E-state index contributed by atoms with van der Waals surface area (Å²) in [5.74, 6) is 1.86. The van der Waals surface area contributed by atoms with Crippen molar-refractivity contribution >= 4 is 23.6 Å². The standard InChI is InChI=1S/C17H20ClN3O2/c1-3-9-23-17-14(18)10-13(11-15(17)22-4-2)12-20-21-16-7-5-6-8-19-16/h5-8,10-12H,3-4,9H2,1-2H3,(H,19,21)/b20-12-. The van der Waals surface area contributed by atoms with Crippen molar-refractivity contribution in [3.05, 3.63) is 47.1 Å². The minimum Gasteiger partial charge on any atom is -0.490 e. The van der Waals surface area contributed by atoms with Gasteiger partial charge in [-0.15, -0.1) is 0 Å². The average molecular weight is 334 g/mol. The summed E-state index contributed by atoms with van der Waals surface area (Å²) in [6, 6.07) is 9.20. The van der Waals surface area contributed by atoms with Crippen LogP contribution >= 0.6 is 11.6 Å². The van der Waals surface area contributed by atoms with Gasteiger partial charge in [-0.25, -0.2) is 4.98 Å². The Bertz CT molecular complexity index is 648. The molecule has 0 radical (unpaired) electrons. The molecule has 0 spiro atoms. The van der Waals surface area contributed by atoms with E-state index in [-0.39, 0.29) is 0 Å². The first-order chi connectivity index (χ1) is 11.2. The van der Waals surface area contributed by atoms with Crippen LogP contribution < -0.4 is 14.9 Å². The number of aromatic nitrogens is 1. The fourth-order valence-corrected chi connectivity index (χ4v) is 2.15. The molecule has 0 aliphatic heterocycles. The Kier molecular flexibility index (Phi) is 6.69. The lowest BCUT2D eigenvalue weighted by atomic mass is 10.2. The van der Waals surface area contributed by atoms with Crippen LogP contribution in [-0.4, -0.2) is 24.4 Å². The number of hydrogen-bond acceptors (Lipinski definition) is 5. The normalized spacial score (nSPS) is 10.7. The van der Waals surface area contributed by atoms with Crippen molar-refractivity contribution in [1.29, 1.82) is 0 Å². The van der Waals surface area contributed by atoms with Crippen LogP contribution in [-0.2, 0) is 0 Å². The number of benzene rings is 1. The van der Waals surface area contributed by atoms with Crippen molar-refractivity contribution < 1.29 is 9.47 Å². The molecule has 1 N–H and O–H groups in total. The van der Waals surface area contributed by atoms with Gasteiger partial charge in [0, 0.05) is 6.20 Å². The van der Waals surface area contributed by atoms with E-state index in [1.807, 2.05) is 38.1 Å². The summed E-state index contributed by atoms with van der Waals surface area (Å²) < 4.78 is 11.3. The summed E-state index contributed by atoms with van der Waals surface area (Å²) in [4.78, 5) is 4.13. The molecule has 5 nitrogen and oxygen atoms in total. The molecular weight excluding hydrogens is 314 g/mol. The quantitative estimate of drug-likeness (QED) is 0.575. The average Bonchev–Trinajstić information content (AvgIpc) is 2.55. The van der Waals surface area contributed by atoms with Crippen molar-refractivity contribution in [3.8, 4) is 11.5 Å². The molecule has 122 valence electrons. The van der Waals surface area contributed by atoms with Crippen LogP contribution in [0.3, 0.4) is 0 Å². The summed E-state index contributed by atoms with van der Waals surface area (Å²) in [6.45, 7) is 5.08. The molecule has 2 aromatic rings. The molecule has 0 aliphatic rings. The number of ether oxygens (including phenoxy) is 2. The van der Waals surface area contributed by atoms with Gasteiger partial charge in [0.1, 0.15) is 5.82 Å². The van der Waals surface area contributed by atoms with Crippen molar-refractivity contribution in [3.63, 3.8) is 0 Å². The topological polar surface area (TPSA) is 55.7 Å². The molecule has 1 heterocycles. The maximum atomic E-state index is 6.30. The van der Waals surface area contributed by atoms with E-state index in [1.54, 1.807) is 18.5 Å². The van der Waals surface area contributed by atoms with E-state index >= 15 is 0 Å². The number of pyridine rings is 1. The molecule has 0 aliphatic carbocycles. The van der Waals surface area contributed by atoms with Crippen LogP contribution in [0.15, 0.2) is 41.6 Å². The third-order valence-corrected chi connectivity index (χ3v) is 3.12. The van der Waals surface area contributed by atoms with Gasteiger partial charge in [0.2, 0.25) is 0 Å². The van der Waals surface area contributed by atoms with Crippen molar-refractivity contribution in [1.82, 2.24) is 4.98 Å². The Balaban J connectivity index is 2.15. The summed E-state index contributed by atoms with van der Waals surface area (Å²) >= 11 is 6.30. The van der Waals surface area contributed by atoms with Gasteiger partial charge in [0.15, 0.2) is 11.5 Å². The van der Waals surface area contributed by atoms with Crippen LogP contribution in [0.25, 0.3) is 0 Å². The first kappa shape index (κ1) is 17.1. The van der Waals surface area contributed by atoms with Gasteiger partial charge in [-0.3, -0.25) is 5.43 Å². The lowest BCUT2D eigenvalue weighted by Gasteiger charge is -2.13. The Labute approximate surface area is 141 Å². The Morgan fingerprint density at radius 2 is 2.13 bits per heavy atom. The molecule has 1 aromatic carbocycles. The summed E-state index contributed by atoms with van der Waals surface area (Å²) in [7, 11) is 0. The predicted octanol–water partition coefficient (Wildman–Crippen LogP) is 4.37. The summed E-state index contributed by atoms with van der Waals surface area (Å²) in [6.07, 6.45) is 4.26. The van der Waals surface area contributed by atoms with E-state index in [0.29, 0.717) is 35.6 Å². The molecule has 0 unspecified atom stereocenters. The van der Waals surface area contributed by atoms with Crippen LogP contribution in [0.5, 0.6) is 11.5 Å². The maximum absolute atomic E-state index is 6.30. The Hall–Kier alpha value is -2.27. The number of nitrogens with zero attached hydrogens (tertiary/aromatic N) is 2. The molecule has 6 heteroatoms. The number of nitrogens with one attached hydrogen (secondary N) is 1. The zero-order chi connectivity index (χ0) is 16.5. The maximum Gasteiger partial charge on any atom is 0.179 e. The van der Waals surface area contributed by atoms with E-state index in [1.165, 1.54) is 0 Å². The van der Waals surface area contributed by atoms with Crippen LogP contribution in [0.2, 0.25) is 5.02 Å². The highest BCUT2D eigenvalue weighted by atomic mass is 35.5. The van der Waals surface area contributed by atoms with Gasteiger partial charge in [-0.05, 0) is 43.2 Å². The highest BCUT2D eigenvalue weighted by Crippen LogP contribution is 2.36. The Morgan fingerprint density at radius 1 is 1.26 bits per heavy atom. The first-order valence-electron chi connectivity index (χ1n) is 7.53. The second-order valence-corrected chi connectivity index (χ2v) is 5.10.